The highest BCUT2D eigenvalue weighted by Crippen LogP contribution is 2.21. The third-order valence-corrected chi connectivity index (χ3v) is 3.60. The van der Waals surface area contributed by atoms with Crippen LogP contribution in [0.25, 0.3) is 0 Å². The number of nitrogens with zero attached hydrogens (tertiary/aromatic N) is 1. The summed E-state index contributed by atoms with van der Waals surface area (Å²) in [5.74, 6) is -1.36. The molecule has 1 aliphatic rings. The standard InChI is InChI=1S/C19H15NO4/c1-13-4-2-5-14(10-13)12-24-19(23)15-6-3-7-16(11-15)20-17(21)8-9-18(20)22/h2-11H,12H2,1H3. The molecule has 0 unspecified atom stereocenters. The van der Waals surface area contributed by atoms with E-state index in [-0.39, 0.29) is 12.2 Å². The van der Waals surface area contributed by atoms with Crippen LogP contribution in [0.15, 0.2) is 60.7 Å². The van der Waals surface area contributed by atoms with Crippen molar-refractivity contribution in [3.05, 3.63) is 77.4 Å². The van der Waals surface area contributed by atoms with Crippen molar-refractivity contribution in [2.24, 2.45) is 0 Å². The predicted molar refractivity (Wildman–Crippen MR) is 88.4 cm³/mol. The molecule has 120 valence electrons. The fourth-order valence-electron chi connectivity index (χ4n) is 2.46. The zero-order chi connectivity index (χ0) is 17.1. The minimum Gasteiger partial charge on any atom is -0.457 e. The number of esters is 1. The number of carbonyl (C=O) groups is 3. The summed E-state index contributed by atoms with van der Waals surface area (Å²) in [5, 5.41) is 0. The number of amides is 2. The summed E-state index contributed by atoms with van der Waals surface area (Å²) in [6, 6.07) is 13.9. The van der Waals surface area contributed by atoms with Gasteiger partial charge in [0.15, 0.2) is 0 Å². The second-order valence-electron chi connectivity index (χ2n) is 5.46. The van der Waals surface area contributed by atoms with Gasteiger partial charge in [-0.2, -0.15) is 0 Å². The van der Waals surface area contributed by atoms with Crippen LogP contribution in [-0.4, -0.2) is 17.8 Å². The Bertz CT molecular complexity index is 836. The van der Waals surface area contributed by atoms with E-state index in [2.05, 4.69) is 0 Å². The Morgan fingerprint density at radius 3 is 2.42 bits per heavy atom. The maximum atomic E-state index is 12.2. The fourth-order valence-corrected chi connectivity index (χ4v) is 2.46. The van der Waals surface area contributed by atoms with Crippen molar-refractivity contribution in [1.29, 1.82) is 0 Å². The summed E-state index contributed by atoms with van der Waals surface area (Å²) in [6.07, 6.45) is 2.40. The van der Waals surface area contributed by atoms with Gasteiger partial charge in [-0.05, 0) is 30.7 Å². The zero-order valence-corrected chi connectivity index (χ0v) is 13.1. The number of carbonyl (C=O) groups excluding carboxylic acids is 3. The molecule has 1 heterocycles. The van der Waals surface area contributed by atoms with Crippen LogP contribution in [0.5, 0.6) is 0 Å². The highest BCUT2D eigenvalue weighted by Gasteiger charge is 2.25. The van der Waals surface area contributed by atoms with Gasteiger partial charge in [0, 0.05) is 12.2 Å². The molecular formula is C19H15NO4. The molecule has 1 aliphatic heterocycles. The predicted octanol–water partition coefficient (Wildman–Crippen LogP) is 2.78. The lowest BCUT2D eigenvalue weighted by Gasteiger charge is -2.14. The monoisotopic (exact) mass is 321 g/mol. The Morgan fingerprint density at radius 2 is 1.71 bits per heavy atom. The minimum atomic E-state index is -0.509. The molecule has 0 bridgehead atoms. The van der Waals surface area contributed by atoms with Crippen LogP contribution in [-0.2, 0) is 20.9 Å². The first-order valence-electron chi connectivity index (χ1n) is 7.43. The fraction of sp³-hybridized carbons (Fsp3) is 0.105. The van der Waals surface area contributed by atoms with Gasteiger partial charge in [0.1, 0.15) is 6.61 Å². The first-order valence-corrected chi connectivity index (χ1v) is 7.43. The van der Waals surface area contributed by atoms with Crippen LogP contribution in [0.1, 0.15) is 21.5 Å². The molecule has 5 nitrogen and oxygen atoms in total. The normalized spacial score (nSPS) is 13.5. The van der Waals surface area contributed by atoms with E-state index >= 15 is 0 Å². The van der Waals surface area contributed by atoms with E-state index in [4.69, 9.17) is 4.74 Å². The van der Waals surface area contributed by atoms with Gasteiger partial charge in [0.2, 0.25) is 0 Å². The summed E-state index contributed by atoms with van der Waals surface area (Å²) in [6.45, 7) is 2.13. The zero-order valence-electron chi connectivity index (χ0n) is 13.1. The Balaban J connectivity index is 1.73. The van der Waals surface area contributed by atoms with Crippen LogP contribution < -0.4 is 4.90 Å². The molecule has 2 aromatic rings. The van der Waals surface area contributed by atoms with E-state index in [0.29, 0.717) is 5.69 Å². The van der Waals surface area contributed by atoms with Gasteiger partial charge in [0.25, 0.3) is 11.8 Å². The number of anilines is 1. The smallest absolute Gasteiger partial charge is 0.338 e. The number of imide groups is 1. The number of hydrogen-bond donors (Lipinski definition) is 0. The lowest BCUT2D eigenvalue weighted by atomic mass is 10.1. The number of aryl methyl sites for hydroxylation is 1. The molecule has 0 spiro atoms. The van der Waals surface area contributed by atoms with Gasteiger partial charge < -0.3 is 4.74 Å². The van der Waals surface area contributed by atoms with Crippen LogP contribution in [0.4, 0.5) is 5.69 Å². The van der Waals surface area contributed by atoms with Crippen LogP contribution in [0.3, 0.4) is 0 Å². The second-order valence-corrected chi connectivity index (χ2v) is 5.46. The van der Waals surface area contributed by atoms with Crippen molar-refractivity contribution in [1.82, 2.24) is 0 Å². The van der Waals surface area contributed by atoms with Crippen LogP contribution >= 0.6 is 0 Å². The molecule has 24 heavy (non-hydrogen) atoms. The van der Waals surface area contributed by atoms with Gasteiger partial charge in [-0.15, -0.1) is 0 Å². The molecule has 0 atom stereocenters. The van der Waals surface area contributed by atoms with Crippen molar-refractivity contribution in [2.45, 2.75) is 13.5 Å². The quantitative estimate of drug-likeness (QED) is 0.641. The van der Waals surface area contributed by atoms with Crippen molar-refractivity contribution < 1.29 is 19.1 Å². The van der Waals surface area contributed by atoms with Gasteiger partial charge >= 0.3 is 5.97 Å². The molecule has 2 amide bonds. The summed E-state index contributed by atoms with van der Waals surface area (Å²) >= 11 is 0. The highest BCUT2D eigenvalue weighted by molar-refractivity contribution is 6.28. The number of benzene rings is 2. The highest BCUT2D eigenvalue weighted by atomic mass is 16.5. The molecule has 0 saturated carbocycles. The van der Waals surface area contributed by atoms with Gasteiger partial charge in [-0.25, -0.2) is 9.69 Å². The van der Waals surface area contributed by atoms with Gasteiger partial charge in [-0.3, -0.25) is 9.59 Å². The van der Waals surface area contributed by atoms with E-state index in [1.807, 2.05) is 31.2 Å². The Labute approximate surface area is 139 Å². The molecule has 0 fully saturated rings. The summed E-state index contributed by atoms with van der Waals surface area (Å²) < 4.78 is 5.30. The maximum absolute atomic E-state index is 12.2. The van der Waals surface area contributed by atoms with E-state index in [1.165, 1.54) is 18.2 Å². The maximum Gasteiger partial charge on any atom is 0.338 e. The first-order chi connectivity index (χ1) is 11.5. The van der Waals surface area contributed by atoms with E-state index in [1.54, 1.807) is 18.2 Å². The molecule has 0 N–H and O–H groups in total. The lowest BCUT2D eigenvalue weighted by Crippen LogP contribution is -2.29. The summed E-state index contributed by atoms with van der Waals surface area (Å²) in [4.78, 5) is 36.6. The molecule has 5 heteroatoms. The summed E-state index contributed by atoms with van der Waals surface area (Å²) in [7, 11) is 0. The van der Waals surface area contributed by atoms with Gasteiger partial charge in [-0.1, -0.05) is 35.9 Å². The average Bonchev–Trinajstić information content (AvgIpc) is 2.91. The molecule has 0 aromatic heterocycles. The molecule has 0 saturated heterocycles. The third kappa shape index (κ3) is 3.25. The Hall–Kier alpha value is -3.21. The Morgan fingerprint density at radius 1 is 1.00 bits per heavy atom. The minimum absolute atomic E-state index is 0.161. The molecule has 0 radical (unpaired) electrons. The number of ether oxygens (including phenoxy) is 1. The summed E-state index contributed by atoms with van der Waals surface area (Å²) in [5.41, 5.74) is 2.62. The molecular weight excluding hydrogens is 306 g/mol. The van der Waals surface area contributed by atoms with E-state index in [9.17, 15) is 14.4 Å². The van der Waals surface area contributed by atoms with Crippen molar-refractivity contribution in [3.8, 4) is 0 Å². The molecule has 3 rings (SSSR count). The third-order valence-electron chi connectivity index (χ3n) is 3.60. The topological polar surface area (TPSA) is 63.7 Å². The largest absolute Gasteiger partial charge is 0.457 e. The number of hydrogen-bond acceptors (Lipinski definition) is 4. The van der Waals surface area contributed by atoms with Crippen molar-refractivity contribution in [3.63, 3.8) is 0 Å². The van der Waals surface area contributed by atoms with Crippen molar-refractivity contribution in [2.75, 3.05) is 4.90 Å². The van der Waals surface area contributed by atoms with Crippen LogP contribution in [0.2, 0.25) is 0 Å². The molecule has 2 aromatic carbocycles. The van der Waals surface area contributed by atoms with Crippen molar-refractivity contribution >= 4 is 23.5 Å². The second kappa shape index (κ2) is 6.50. The van der Waals surface area contributed by atoms with Crippen LogP contribution in [0, 0.1) is 6.92 Å². The lowest BCUT2D eigenvalue weighted by molar-refractivity contribution is -0.119. The first kappa shape index (κ1) is 15.7. The Kier molecular flexibility index (Phi) is 4.24. The average molecular weight is 321 g/mol. The molecule has 0 aliphatic carbocycles. The van der Waals surface area contributed by atoms with E-state index in [0.717, 1.165) is 16.0 Å². The van der Waals surface area contributed by atoms with Gasteiger partial charge in [0.05, 0.1) is 11.3 Å². The SMILES string of the molecule is Cc1cccc(COC(=O)c2cccc(N3C(=O)C=CC3=O)c2)c1. The van der Waals surface area contributed by atoms with E-state index < -0.39 is 17.8 Å². The number of rotatable bonds is 4.